The third-order valence-corrected chi connectivity index (χ3v) is 5.92. The Kier molecular flexibility index (Phi) is 6.30. The molecule has 27 heavy (non-hydrogen) atoms. The molecule has 0 spiro atoms. The standard InChI is InChI=1S/C20H27FN4O2/c1-2-20(25-9-11-27-12-10-25)5-7-24(8-6-20)19(26)23-15-16-3-4-17(14-22)18(21)13-16/h3-4,13H,2,5-12,15H2,1H3,(H,23,26). The second kappa shape index (κ2) is 8.68. The topological polar surface area (TPSA) is 68.6 Å². The van der Waals surface area contributed by atoms with Gasteiger partial charge < -0.3 is 15.0 Å². The monoisotopic (exact) mass is 374 g/mol. The summed E-state index contributed by atoms with van der Waals surface area (Å²) in [6.45, 7) is 7.41. The molecule has 2 aliphatic rings. The molecule has 0 aliphatic carbocycles. The first kappa shape index (κ1) is 19.6. The molecule has 0 aromatic heterocycles. The zero-order valence-corrected chi connectivity index (χ0v) is 15.8. The van der Waals surface area contributed by atoms with Crippen LogP contribution in [0.25, 0.3) is 0 Å². The Morgan fingerprint density at radius 2 is 2.00 bits per heavy atom. The second-order valence-corrected chi connectivity index (χ2v) is 7.25. The Bertz CT molecular complexity index is 704. The highest BCUT2D eigenvalue weighted by Crippen LogP contribution is 2.32. The summed E-state index contributed by atoms with van der Waals surface area (Å²) in [6.07, 6.45) is 3.00. The molecular weight excluding hydrogens is 347 g/mol. The van der Waals surface area contributed by atoms with Gasteiger partial charge in [-0.05, 0) is 37.0 Å². The lowest BCUT2D eigenvalue weighted by atomic mass is 9.83. The van der Waals surface area contributed by atoms with Crippen LogP contribution in [0.2, 0.25) is 0 Å². The molecule has 1 aromatic carbocycles. The van der Waals surface area contributed by atoms with Crippen LogP contribution in [0.4, 0.5) is 9.18 Å². The van der Waals surface area contributed by atoms with Gasteiger partial charge in [0.1, 0.15) is 11.9 Å². The highest BCUT2D eigenvalue weighted by molar-refractivity contribution is 5.74. The van der Waals surface area contributed by atoms with Crippen LogP contribution in [0.15, 0.2) is 18.2 Å². The van der Waals surface area contributed by atoms with Crippen molar-refractivity contribution in [1.29, 1.82) is 5.26 Å². The van der Waals surface area contributed by atoms with Crippen LogP contribution in [-0.2, 0) is 11.3 Å². The van der Waals surface area contributed by atoms with E-state index in [0.717, 1.165) is 58.7 Å². The van der Waals surface area contributed by atoms with E-state index in [2.05, 4.69) is 17.1 Å². The van der Waals surface area contributed by atoms with E-state index in [9.17, 15) is 9.18 Å². The highest BCUT2D eigenvalue weighted by atomic mass is 19.1. The van der Waals surface area contributed by atoms with Crippen LogP contribution >= 0.6 is 0 Å². The zero-order valence-electron chi connectivity index (χ0n) is 15.8. The average Bonchev–Trinajstić information content (AvgIpc) is 2.73. The minimum Gasteiger partial charge on any atom is -0.379 e. The van der Waals surface area contributed by atoms with E-state index in [-0.39, 0.29) is 23.7 Å². The van der Waals surface area contributed by atoms with E-state index < -0.39 is 5.82 Å². The lowest BCUT2D eigenvalue weighted by molar-refractivity contribution is -0.0453. The number of amides is 2. The minimum absolute atomic E-state index is 0.0140. The molecular formula is C20H27FN4O2. The maximum absolute atomic E-state index is 13.7. The number of likely N-dealkylation sites (tertiary alicyclic amines) is 1. The molecule has 1 N–H and O–H groups in total. The van der Waals surface area contributed by atoms with Crippen LogP contribution in [0, 0.1) is 17.1 Å². The van der Waals surface area contributed by atoms with Gasteiger partial charge >= 0.3 is 6.03 Å². The number of nitrogens with zero attached hydrogens (tertiary/aromatic N) is 3. The van der Waals surface area contributed by atoms with Gasteiger partial charge in [-0.3, -0.25) is 4.90 Å². The molecule has 2 saturated heterocycles. The Balaban J connectivity index is 1.52. The van der Waals surface area contributed by atoms with Crippen molar-refractivity contribution in [3.05, 3.63) is 35.1 Å². The molecule has 0 radical (unpaired) electrons. The predicted octanol–water partition coefficient (Wildman–Crippen LogP) is 2.48. The lowest BCUT2D eigenvalue weighted by Gasteiger charge is -2.49. The first-order chi connectivity index (χ1) is 13.1. The van der Waals surface area contributed by atoms with Gasteiger partial charge in [0.15, 0.2) is 0 Å². The Hall–Kier alpha value is -2.17. The fourth-order valence-electron chi connectivity index (χ4n) is 4.11. The minimum atomic E-state index is -0.555. The van der Waals surface area contributed by atoms with Gasteiger partial charge in [-0.25, -0.2) is 9.18 Å². The molecule has 3 rings (SSSR count). The maximum Gasteiger partial charge on any atom is 0.317 e. The van der Waals surface area contributed by atoms with Crippen molar-refractivity contribution >= 4 is 6.03 Å². The third kappa shape index (κ3) is 4.40. The lowest BCUT2D eigenvalue weighted by Crippen LogP contribution is -2.59. The van der Waals surface area contributed by atoms with Gasteiger partial charge in [-0.15, -0.1) is 0 Å². The van der Waals surface area contributed by atoms with Crippen molar-refractivity contribution in [1.82, 2.24) is 15.1 Å². The van der Waals surface area contributed by atoms with Gasteiger partial charge in [-0.1, -0.05) is 13.0 Å². The number of piperidine rings is 1. The Morgan fingerprint density at radius 3 is 2.59 bits per heavy atom. The number of carbonyl (C=O) groups excluding carboxylic acids is 1. The van der Waals surface area contributed by atoms with Crippen molar-refractivity contribution in [3.8, 4) is 6.07 Å². The number of nitriles is 1. The summed E-state index contributed by atoms with van der Waals surface area (Å²) >= 11 is 0. The number of hydrogen-bond donors (Lipinski definition) is 1. The largest absolute Gasteiger partial charge is 0.379 e. The normalized spacial score (nSPS) is 20.1. The zero-order chi connectivity index (χ0) is 19.3. The quantitative estimate of drug-likeness (QED) is 0.879. The van der Waals surface area contributed by atoms with Crippen molar-refractivity contribution < 1.29 is 13.9 Å². The molecule has 2 fully saturated rings. The number of hydrogen-bond acceptors (Lipinski definition) is 4. The molecule has 6 nitrogen and oxygen atoms in total. The number of nitrogens with one attached hydrogen (secondary N) is 1. The van der Waals surface area contributed by atoms with E-state index in [4.69, 9.17) is 10.00 Å². The van der Waals surface area contributed by atoms with Crippen molar-refractivity contribution in [2.24, 2.45) is 0 Å². The van der Waals surface area contributed by atoms with Crippen LogP contribution in [0.3, 0.4) is 0 Å². The summed E-state index contributed by atoms with van der Waals surface area (Å²) in [5.41, 5.74) is 0.824. The Labute approximate surface area is 159 Å². The summed E-state index contributed by atoms with van der Waals surface area (Å²) in [5, 5.41) is 11.6. The number of rotatable bonds is 4. The van der Waals surface area contributed by atoms with Gasteiger partial charge in [0.2, 0.25) is 0 Å². The smallest absolute Gasteiger partial charge is 0.317 e. The van der Waals surface area contributed by atoms with Crippen LogP contribution in [-0.4, -0.2) is 60.8 Å². The summed E-state index contributed by atoms with van der Waals surface area (Å²) in [6, 6.07) is 6.08. The first-order valence-electron chi connectivity index (χ1n) is 9.62. The molecule has 2 aliphatic heterocycles. The van der Waals surface area contributed by atoms with Crippen LogP contribution < -0.4 is 5.32 Å². The molecule has 0 unspecified atom stereocenters. The maximum atomic E-state index is 13.7. The summed E-state index contributed by atoms with van der Waals surface area (Å²) in [7, 11) is 0. The summed E-state index contributed by atoms with van der Waals surface area (Å²) in [5.74, 6) is -0.555. The predicted molar refractivity (Wildman–Crippen MR) is 99.6 cm³/mol. The highest BCUT2D eigenvalue weighted by Gasteiger charge is 2.39. The van der Waals surface area contributed by atoms with Crippen LogP contribution in [0.1, 0.15) is 37.3 Å². The van der Waals surface area contributed by atoms with E-state index >= 15 is 0 Å². The molecule has 2 heterocycles. The van der Waals surface area contributed by atoms with E-state index in [0.29, 0.717) is 5.56 Å². The fourth-order valence-corrected chi connectivity index (χ4v) is 4.11. The van der Waals surface area contributed by atoms with Gasteiger partial charge in [0, 0.05) is 38.3 Å². The second-order valence-electron chi connectivity index (χ2n) is 7.25. The molecule has 1 aromatic rings. The van der Waals surface area contributed by atoms with Crippen molar-refractivity contribution in [3.63, 3.8) is 0 Å². The number of carbonyl (C=O) groups is 1. The number of urea groups is 1. The van der Waals surface area contributed by atoms with Gasteiger partial charge in [0.25, 0.3) is 0 Å². The van der Waals surface area contributed by atoms with Crippen molar-refractivity contribution in [2.75, 3.05) is 39.4 Å². The van der Waals surface area contributed by atoms with E-state index in [1.54, 1.807) is 12.1 Å². The SMILES string of the molecule is CCC1(N2CCOCC2)CCN(C(=O)NCc2ccc(C#N)c(F)c2)CC1. The first-order valence-corrected chi connectivity index (χ1v) is 9.62. The Morgan fingerprint density at radius 1 is 1.30 bits per heavy atom. The van der Waals surface area contributed by atoms with E-state index in [1.807, 2.05) is 4.90 Å². The van der Waals surface area contributed by atoms with Gasteiger partial charge in [-0.2, -0.15) is 5.26 Å². The molecule has 0 bridgehead atoms. The van der Waals surface area contributed by atoms with E-state index in [1.165, 1.54) is 12.1 Å². The summed E-state index contributed by atoms with van der Waals surface area (Å²) in [4.78, 5) is 16.9. The number of ether oxygens (including phenoxy) is 1. The van der Waals surface area contributed by atoms with Gasteiger partial charge in [0.05, 0.1) is 18.8 Å². The molecule has 0 saturated carbocycles. The molecule has 7 heteroatoms. The fraction of sp³-hybridized carbons (Fsp3) is 0.600. The summed E-state index contributed by atoms with van der Waals surface area (Å²) < 4.78 is 19.1. The van der Waals surface area contributed by atoms with Crippen LogP contribution in [0.5, 0.6) is 0 Å². The number of halogens is 1. The number of morpholine rings is 1. The van der Waals surface area contributed by atoms with Crippen molar-refractivity contribution in [2.45, 2.75) is 38.3 Å². The average molecular weight is 374 g/mol. The number of benzene rings is 1. The molecule has 2 amide bonds. The third-order valence-electron chi connectivity index (χ3n) is 5.92. The molecule has 0 atom stereocenters. The molecule has 146 valence electrons.